The van der Waals surface area contributed by atoms with Gasteiger partial charge in [-0.05, 0) is 37.0 Å². The first-order chi connectivity index (χ1) is 11.6. The summed E-state index contributed by atoms with van der Waals surface area (Å²) < 4.78 is 10.5. The number of aromatic nitrogens is 1. The van der Waals surface area contributed by atoms with Crippen molar-refractivity contribution in [3.05, 3.63) is 35.5 Å². The Kier molecular flexibility index (Phi) is 5.00. The molecule has 2 heterocycles. The number of benzene rings is 1. The van der Waals surface area contributed by atoms with Crippen LogP contribution in [0.4, 0.5) is 0 Å². The molecule has 1 amide bonds. The van der Waals surface area contributed by atoms with E-state index in [0.29, 0.717) is 25.5 Å². The van der Waals surface area contributed by atoms with Gasteiger partial charge in [-0.2, -0.15) is 0 Å². The number of rotatable bonds is 6. The molecule has 1 fully saturated rings. The standard InChI is InChI=1S/C19H24N2O3/c1-13-9-15(20-19-16(13)5-4-6-17(19)24-3)10-14-11-18(22)21(12-14)7-8-23-2/h4-6,9,14H,7-8,10-12H2,1-3H3/t14-/m0/s1. The Morgan fingerprint density at radius 1 is 1.33 bits per heavy atom. The molecule has 2 aromatic rings. The number of amides is 1. The predicted octanol–water partition coefficient (Wildman–Crippen LogP) is 2.59. The van der Waals surface area contributed by atoms with E-state index in [-0.39, 0.29) is 5.91 Å². The third kappa shape index (κ3) is 3.36. The number of methoxy groups -OCH3 is 2. The van der Waals surface area contributed by atoms with Crippen LogP contribution in [0.2, 0.25) is 0 Å². The number of carbonyl (C=O) groups excluding carboxylic acids is 1. The van der Waals surface area contributed by atoms with Crippen LogP contribution in [0.3, 0.4) is 0 Å². The minimum atomic E-state index is 0.215. The Labute approximate surface area is 142 Å². The number of carbonyl (C=O) groups is 1. The first kappa shape index (κ1) is 16.7. The van der Waals surface area contributed by atoms with Gasteiger partial charge >= 0.3 is 0 Å². The molecule has 24 heavy (non-hydrogen) atoms. The van der Waals surface area contributed by atoms with Gasteiger partial charge in [-0.3, -0.25) is 4.79 Å². The van der Waals surface area contributed by atoms with Crippen LogP contribution in [0.25, 0.3) is 10.9 Å². The van der Waals surface area contributed by atoms with E-state index in [1.165, 1.54) is 5.56 Å². The molecule has 0 aliphatic carbocycles. The molecule has 1 saturated heterocycles. The van der Waals surface area contributed by atoms with E-state index < -0.39 is 0 Å². The molecule has 3 rings (SSSR count). The summed E-state index contributed by atoms with van der Waals surface area (Å²) in [6.07, 6.45) is 1.40. The fraction of sp³-hybridized carbons (Fsp3) is 0.474. The number of pyridine rings is 1. The van der Waals surface area contributed by atoms with Crippen molar-refractivity contribution in [2.24, 2.45) is 5.92 Å². The molecule has 0 spiro atoms. The van der Waals surface area contributed by atoms with Gasteiger partial charge in [0, 0.05) is 37.7 Å². The maximum Gasteiger partial charge on any atom is 0.223 e. The summed E-state index contributed by atoms with van der Waals surface area (Å²) in [6.45, 7) is 4.14. The lowest BCUT2D eigenvalue weighted by molar-refractivity contribution is -0.128. The minimum Gasteiger partial charge on any atom is -0.494 e. The van der Waals surface area contributed by atoms with Gasteiger partial charge < -0.3 is 14.4 Å². The Morgan fingerprint density at radius 2 is 2.17 bits per heavy atom. The van der Waals surface area contributed by atoms with Crippen molar-refractivity contribution < 1.29 is 14.3 Å². The number of hydrogen-bond acceptors (Lipinski definition) is 4. The molecule has 128 valence electrons. The van der Waals surface area contributed by atoms with Crippen molar-refractivity contribution in [3.63, 3.8) is 0 Å². The van der Waals surface area contributed by atoms with E-state index in [1.54, 1.807) is 14.2 Å². The largest absolute Gasteiger partial charge is 0.494 e. The first-order valence-corrected chi connectivity index (χ1v) is 8.32. The van der Waals surface area contributed by atoms with Gasteiger partial charge in [0.25, 0.3) is 0 Å². The van der Waals surface area contributed by atoms with Crippen LogP contribution >= 0.6 is 0 Å². The normalized spacial score (nSPS) is 17.7. The molecule has 1 aromatic carbocycles. The number of hydrogen-bond donors (Lipinski definition) is 0. The summed E-state index contributed by atoms with van der Waals surface area (Å²) >= 11 is 0. The highest BCUT2D eigenvalue weighted by Crippen LogP contribution is 2.28. The van der Waals surface area contributed by atoms with Crippen LogP contribution in [0.1, 0.15) is 17.7 Å². The summed E-state index contributed by atoms with van der Waals surface area (Å²) in [5.74, 6) is 1.32. The Bertz CT molecular complexity index is 745. The molecule has 0 bridgehead atoms. The number of nitrogens with zero attached hydrogens (tertiary/aromatic N) is 2. The van der Waals surface area contributed by atoms with Gasteiger partial charge in [0.05, 0.1) is 13.7 Å². The summed E-state index contributed by atoms with van der Waals surface area (Å²) in [5, 5.41) is 1.11. The van der Waals surface area contributed by atoms with E-state index in [9.17, 15) is 4.79 Å². The summed E-state index contributed by atoms with van der Waals surface area (Å²) in [7, 11) is 3.33. The van der Waals surface area contributed by atoms with Gasteiger partial charge in [0.2, 0.25) is 5.91 Å². The van der Waals surface area contributed by atoms with E-state index in [4.69, 9.17) is 14.5 Å². The van der Waals surface area contributed by atoms with Crippen LogP contribution in [0.5, 0.6) is 5.75 Å². The van der Waals surface area contributed by atoms with E-state index >= 15 is 0 Å². The van der Waals surface area contributed by atoms with Gasteiger partial charge in [-0.15, -0.1) is 0 Å². The second-order valence-electron chi connectivity index (χ2n) is 6.39. The molecule has 1 atom stereocenters. The van der Waals surface area contributed by atoms with E-state index in [0.717, 1.165) is 35.3 Å². The molecule has 1 aromatic heterocycles. The van der Waals surface area contributed by atoms with Gasteiger partial charge in [0.1, 0.15) is 11.3 Å². The van der Waals surface area contributed by atoms with Crippen LogP contribution in [-0.4, -0.2) is 49.7 Å². The van der Waals surface area contributed by atoms with Crippen molar-refractivity contribution in [1.82, 2.24) is 9.88 Å². The summed E-state index contributed by atoms with van der Waals surface area (Å²) in [5.41, 5.74) is 3.11. The first-order valence-electron chi connectivity index (χ1n) is 8.32. The molecular formula is C19H24N2O3. The van der Waals surface area contributed by atoms with Crippen molar-refractivity contribution >= 4 is 16.8 Å². The Balaban J connectivity index is 1.80. The number of aryl methyl sites for hydroxylation is 1. The SMILES string of the molecule is COCCN1C[C@@H](Cc2cc(C)c3cccc(OC)c3n2)CC1=O. The summed E-state index contributed by atoms with van der Waals surface area (Å²) in [4.78, 5) is 18.8. The third-order valence-corrected chi connectivity index (χ3v) is 4.64. The molecule has 0 unspecified atom stereocenters. The fourth-order valence-electron chi connectivity index (χ4n) is 3.43. The lowest BCUT2D eigenvalue weighted by atomic mass is 9.99. The van der Waals surface area contributed by atoms with Crippen molar-refractivity contribution in [2.45, 2.75) is 19.8 Å². The maximum atomic E-state index is 12.1. The molecule has 1 aliphatic heterocycles. The molecule has 0 radical (unpaired) electrons. The third-order valence-electron chi connectivity index (χ3n) is 4.64. The number of ether oxygens (including phenoxy) is 2. The van der Waals surface area contributed by atoms with E-state index in [2.05, 4.69) is 19.1 Å². The average Bonchev–Trinajstić information content (AvgIpc) is 2.92. The van der Waals surface area contributed by atoms with Crippen molar-refractivity contribution in [1.29, 1.82) is 0 Å². The second-order valence-corrected chi connectivity index (χ2v) is 6.39. The lowest BCUT2D eigenvalue weighted by Gasteiger charge is -2.16. The van der Waals surface area contributed by atoms with Crippen LogP contribution < -0.4 is 4.74 Å². The fourth-order valence-corrected chi connectivity index (χ4v) is 3.43. The molecule has 5 nitrogen and oxygen atoms in total. The zero-order chi connectivity index (χ0) is 17.1. The topological polar surface area (TPSA) is 51.7 Å². The van der Waals surface area contributed by atoms with Crippen molar-refractivity contribution in [2.75, 3.05) is 33.9 Å². The summed E-state index contributed by atoms with van der Waals surface area (Å²) in [6, 6.07) is 8.11. The second kappa shape index (κ2) is 7.18. The van der Waals surface area contributed by atoms with Gasteiger partial charge in [0.15, 0.2) is 0 Å². The quantitative estimate of drug-likeness (QED) is 0.818. The zero-order valence-corrected chi connectivity index (χ0v) is 14.5. The molecule has 5 heteroatoms. The molecule has 0 saturated carbocycles. The highest BCUT2D eigenvalue weighted by molar-refractivity contribution is 5.87. The highest BCUT2D eigenvalue weighted by atomic mass is 16.5. The lowest BCUT2D eigenvalue weighted by Crippen LogP contribution is -2.29. The monoisotopic (exact) mass is 328 g/mol. The van der Waals surface area contributed by atoms with Crippen LogP contribution in [0, 0.1) is 12.8 Å². The number of fused-ring (bicyclic) bond motifs is 1. The average molecular weight is 328 g/mol. The highest BCUT2D eigenvalue weighted by Gasteiger charge is 2.29. The molecule has 1 aliphatic rings. The van der Waals surface area contributed by atoms with Crippen LogP contribution in [-0.2, 0) is 16.0 Å². The van der Waals surface area contributed by atoms with E-state index in [1.807, 2.05) is 17.0 Å². The zero-order valence-electron chi connectivity index (χ0n) is 14.5. The molecular weight excluding hydrogens is 304 g/mol. The maximum absolute atomic E-state index is 12.1. The Hall–Kier alpha value is -2.14. The number of para-hydroxylation sites is 1. The molecule has 0 N–H and O–H groups in total. The predicted molar refractivity (Wildman–Crippen MR) is 93.3 cm³/mol. The van der Waals surface area contributed by atoms with Crippen LogP contribution in [0.15, 0.2) is 24.3 Å². The van der Waals surface area contributed by atoms with Gasteiger partial charge in [-0.1, -0.05) is 12.1 Å². The smallest absolute Gasteiger partial charge is 0.223 e. The Morgan fingerprint density at radius 3 is 2.92 bits per heavy atom. The van der Waals surface area contributed by atoms with Crippen molar-refractivity contribution in [3.8, 4) is 5.75 Å². The van der Waals surface area contributed by atoms with Gasteiger partial charge in [-0.25, -0.2) is 4.98 Å². The number of likely N-dealkylation sites (tertiary alicyclic amines) is 1. The minimum absolute atomic E-state index is 0.215.